The first-order valence-electron chi connectivity index (χ1n) is 7.39. The van der Waals surface area contributed by atoms with E-state index in [4.69, 9.17) is 4.74 Å². The predicted octanol–water partition coefficient (Wildman–Crippen LogP) is 2.82. The zero-order valence-electron chi connectivity index (χ0n) is 11.6. The average molecular weight is 272 g/mol. The van der Waals surface area contributed by atoms with E-state index in [0.29, 0.717) is 18.4 Å². The van der Waals surface area contributed by atoms with Gasteiger partial charge in [0.25, 0.3) is 0 Å². The molecule has 0 radical (unpaired) electrons. The Hall–Kier alpha value is -1.73. The standard InChI is InChI=1S/C16H20N2O2/c17-10-16(18-12-5-3-1-2-4-6-12)11-20-15-9-13(19)7-8-14(15)16/h7-9,12,18-19H,1-6,11H2. The number of nitrogens with one attached hydrogen (secondary N) is 1. The van der Waals surface area contributed by atoms with Crippen LogP contribution in [0.4, 0.5) is 0 Å². The molecule has 1 aliphatic carbocycles. The minimum absolute atomic E-state index is 0.173. The minimum Gasteiger partial charge on any atom is -0.508 e. The molecule has 4 heteroatoms. The predicted molar refractivity (Wildman–Crippen MR) is 75.5 cm³/mol. The van der Waals surface area contributed by atoms with E-state index in [0.717, 1.165) is 18.4 Å². The maximum atomic E-state index is 9.68. The molecule has 1 aromatic carbocycles. The van der Waals surface area contributed by atoms with Crippen molar-refractivity contribution in [2.45, 2.75) is 50.1 Å². The van der Waals surface area contributed by atoms with Crippen LogP contribution in [-0.2, 0) is 5.54 Å². The number of nitrogens with zero attached hydrogens (tertiary/aromatic N) is 1. The molecule has 1 aliphatic heterocycles. The van der Waals surface area contributed by atoms with Crippen LogP contribution in [0.15, 0.2) is 18.2 Å². The maximum Gasteiger partial charge on any atom is 0.170 e. The van der Waals surface area contributed by atoms with Gasteiger partial charge in [-0.15, -0.1) is 0 Å². The van der Waals surface area contributed by atoms with E-state index in [1.807, 2.05) is 0 Å². The van der Waals surface area contributed by atoms with Crippen LogP contribution in [0.3, 0.4) is 0 Å². The van der Waals surface area contributed by atoms with Crippen LogP contribution >= 0.6 is 0 Å². The zero-order valence-corrected chi connectivity index (χ0v) is 11.6. The summed E-state index contributed by atoms with van der Waals surface area (Å²) >= 11 is 0. The number of hydrogen-bond donors (Lipinski definition) is 2. The first kappa shape index (κ1) is 13.3. The summed E-state index contributed by atoms with van der Waals surface area (Å²) in [6.45, 7) is 0.318. The van der Waals surface area contributed by atoms with Crippen molar-refractivity contribution in [3.63, 3.8) is 0 Å². The van der Waals surface area contributed by atoms with Crippen LogP contribution in [0.25, 0.3) is 0 Å². The fourth-order valence-electron chi connectivity index (χ4n) is 3.26. The Morgan fingerprint density at radius 2 is 2.00 bits per heavy atom. The van der Waals surface area contributed by atoms with Gasteiger partial charge < -0.3 is 9.84 Å². The Morgan fingerprint density at radius 1 is 1.25 bits per heavy atom. The van der Waals surface area contributed by atoms with Crippen LogP contribution < -0.4 is 10.1 Å². The van der Waals surface area contributed by atoms with E-state index in [-0.39, 0.29) is 5.75 Å². The molecule has 2 aliphatic rings. The Kier molecular flexibility index (Phi) is 3.54. The van der Waals surface area contributed by atoms with E-state index in [1.165, 1.54) is 25.7 Å². The summed E-state index contributed by atoms with van der Waals surface area (Å²) in [6, 6.07) is 7.78. The normalized spacial score (nSPS) is 26.4. The number of aromatic hydroxyl groups is 1. The highest BCUT2D eigenvalue weighted by atomic mass is 16.5. The molecule has 20 heavy (non-hydrogen) atoms. The van der Waals surface area contributed by atoms with Gasteiger partial charge in [-0.1, -0.05) is 25.7 Å². The van der Waals surface area contributed by atoms with Crippen molar-refractivity contribution in [1.29, 1.82) is 5.26 Å². The van der Waals surface area contributed by atoms with E-state index >= 15 is 0 Å². The fraction of sp³-hybridized carbons (Fsp3) is 0.562. The number of hydrogen-bond acceptors (Lipinski definition) is 4. The number of phenols is 1. The highest BCUT2D eigenvalue weighted by molar-refractivity contribution is 5.50. The molecule has 4 nitrogen and oxygen atoms in total. The molecular formula is C16H20N2O2. The fourth-order valence-corrected chi connectivity index (χ4v) is 3.26. The summed E-state index contributed by atoms with van der Waals surface area (Å²) in [5.74, 6) is 0.791. The summed E-state index contributed by atoms with van der Waals surface area (Å²) < 4.78 is 5.61. The highest BCUT2D eigenvalue weighted by Gasteiger charge is 2.42. The summed E-state index contributed by atoms with van der Waals surface area (Å²) in [6.07, 6.45) is 7.27. The molecule has 0 aromatic heterocycles. The van der Waals surface area contributed by atoms with Crippen LogP contribution in [0.2, 0.25) is 0 Å². The van der Waals surface area contributed by atoms with Crippen LogP contribution in [-0.4, -0.2) is 17.8 Å². The Labute approximate surface area is 119 Å². The molecule has 106 valence electrons. The molecule has 0 bridgehead atoms. The van der Waals surface area contributed by atoms with Gasteiger partial charge in [0.2, 0.25) is 0 Å². The molecule has 1 saturated carbocycles. The monoisotopic (exact) mass is 272 g/mol. The number of benzene rings is 1. The third kappa shape index (κ3) is 2.34. The molecule has 0 saturated heterocycles. The molecule has 3 rings (SSSR count). The van der Waals surface area contributed by atoms with E-state index in [1.54, 1.807) is 18.2 Å². The molecular weight excluding hydrogens is 252 g/mol. The largest absolute Gasteiger partial charge is 0.508 e. The van der Waals surface area contributed by atoms with Crippen LogP contribution in [0.1, 0.15) is 44.1 Å². The molecule has 1 unspecified atom stereocenters. The van der Waals surface area contributed by atoms with Gasteiger partial charge in [-0.25, -0.2) is 0 Å². The second-order valence-corrected chi connectivity index (χ2v) is 5.82. The second kappa shape index (κ2) is 5.34. The van der Waals surface area contributed by atoms with Crippen molar-refractivity contribution < 1.29 is 9.84 Å². The number of phenolic OH excluding ortho intramolecular Hbond substituents is 1. The van der Waals surface area contributed by atoms with Gasteiger partial charge in [0.15, 0.2) is 5.54 Å². The SMILES string of the molecule is N#CC1(NC2CCCCCC2)COc2cc(O)ccc21. The van der Waals surface area contributed by atoms with Gasteiger partial charge in [0, 0.05) is 17.7 Å². The van der Waals surface area contributed by atoms with Gasteiger partial charge in [-0.3, -0.25) is 5.32 Å². The second-order valence-electron chi connectivity index (χ2n) is 5.82. The molecule has 1 atom stereocenters. The van der Waals surface area contributed by atoms with Crippen molar-refractivity contribution >= 4 is 0 Å². The number of fused-ring (bicyclic) bond motifs is 1. The van der Waals surface area contributed by atoms with E-state index in [2.05, 4.69) is 11.4 Å². The first-order valence-corrected chi connectivity index (χ1v) is 7.39. The number of ether oxygens (including phenoxy) is 1. The summed E-state index contributed by atoms with van der Waals surface area (Å²) in [4.78, 5) is 0. The Bertz CT molecular complexity index is 530. The molecule has 2 N–H and O–H groups in total. The molecule has 1 heterocycles. The van der Waals surface area contributed by atoms with E-state index in [9.17, 15) is 10.4 Å². The lowest BCUT2D eigenvalue weighted by Gasteiger charge is -2.27. The highest BCUT2D eigenvalue weighted by Crippen LogP contribution is 2.39. The van der Waals surface area contributed by atoms with Crippen molar-refractivity contribution in [2.24, 2.45) is 0 Å². The van der Waals surface area contributed by atoms with Crippen molar-refractivity contribution in [2.75, 3.05) is 6.61 Å². The molecule has 1 aromatic rings. The average Bonchev–Trinajstić information content (AvgIpc) is 2.63. The van der Waals surface area contributed by atoms with Gasteiger partial charge >= 0.3 is 0 Å². The molecule has 0 amide bonds. The maximum absolute atomic E-state index is 9.68. The Morgan fingerprint density at radius 3 is 2.70 bits per heavy atom. The number of rotatable bonds is 2. The third-order valence-corrected chi connectivity index (χ3v) is 4.37. The molecule has 1 fully saturated rings. The smallest absolute Gasteiger partial charge is 0.170 e. The van der Waals surface area contributed by atoms with Gasteiger partial charge in [0.1, 0.15) is 18.1 Å². The summed E-state index contributed by atoms with van der Waals surface area (Å²) in [5.41, 5.74) is 0.0833. The topological polar surface area (TPSA) is 65.3 Å². The minimum atomic E-state index is -0.766. The van der Waals surface area contributed by atoms with Crippen molar-refractivity contribution in [1.82, 2.24) is 5.32 Å². The van der Waals surface area contributed by atoms with Gasteiger partial charge in [0.05, 0.1) is 6.07 Å². The first-order chi connectivity index (χ1) is 9.73. The lowest BCUT2D eigenvalue weighted by molar-refractivity contribution is 0.245. The van der Waals surface area contributed by atoms with Gasteiger partial charge in [-0.2, -0.15) is 5.26 Å². The quantitative estimate of drug-likeness (QED) is 0.812. The lowest BCUT2D eigenvalue weighted by atomic mass is 9.91. The third-order valence-electron chi connectivity index (χ3n) is 4.37. The summed E-state index contributed by atoms with van der Waals surface area (Å²) in [5, 5.41) is 22.7. The lowest BCUT2D eigenvalue weighted by Crippen LogP contribution is -2.48. The van der Waals surface area contributed by atoms with Crippen LogP contribution in [0, 0.1) is 11.3 Å². The van der Waals surface area contributed by atoms with Crippen LogP contribution in [0.5, 0.6) is 11.5 Å². The van der Waals surface area contributed by atoms with E-state index < -0.39 is 5.54 Å². The van der Waals surface area contributed by atoms with Crippen molar-refractivity contribution in [3.05, 3.63) is 23.8 Å². The summed E-state index contributed by atoms with van der Waals surface area (Å²) in [7, 11) is 0. The number of nitriles is 1. The van der Waals surface area contributed by atoms with Gasteiger partial charge in [-0.05, 0) is 25.0 Å². The molecule has 0 spiro atoms. The zero-order chi connectivity index (χ0) is 14.0. The van der Waals surface area contributed by atoms with Crippen molar-refractivity contribution in [3.8, 4) is 17.6 Å². The Balaban J connectivity index is 1.85.